The molecule has 0 N–H and O–H groups in total. The minimum absolute atomic E-state index is 0.147. The van der Waals surface area contributed by atoms with Gasteiger partial charge < -0.3 is 9.80 Å². The molecule has 3 heterocycles. The van der Waals surface area contributed by atoms with Gasteiger partial charge in [0.15, 0.2) is 11.4 Å². The third kappa shape index (κ3) is 3.67. The average molecular weight is 409 g/mol. The van der Waals surface area contributed by atoms with Gasteiger partial charge in [-0.1, -0.05) is 6.07 Å². The molecule has 9 heteroatoms. The molecule has 4 rings (SSSR count). The lowest BCUT2D eigenvalue weighted by molar-refractivity contribution is 0.0778. The SMILES string of the molecule is CCN(CC)c1nc2ccc(CC(=O)c3c(C(=O)N(C)C4CC4)cnn3C)cn2n1. The summed E-state index contributed by atoms with van der Waals surface area (Å²) in [6.45, 7) is 5.77. The fourth-order valence-electron chi connectivity index (χ4n) is 3.67. The second kappa shape index (κ2) is 7.89. The van der Waals surface area contributed by atoms with Crippen molar-refractivity contribution in [2.24, 2.45) is 7.05 Å². The Bertz CT molecular complexity index is 1090. The van der Waals surface area contributed by atoms with Crippen LogP contribution in [0.1, 0.15) is 53.1 Å². The van der Waals surface area contributed by atoms with E-state index in [-0.39, 0.29) is 24.2 Å². The fourth-order valence-corrected chi connectivity index (χ4v) is 3.67. The predicted octanol–water partition coefficient (Wildman–Crippen LogP) is 1.97. The Hall–Kier alpha value is -3.23. The molecule has 0 aromatic carbocycles. The highest BCUT2D eigenvalue weighted by molar-refractivity contribution is 6.07. The van der Waals surface area contributed by atoms with Crippen LogP contribution in [0, 0.1) is 0 Å². The lowest BCUT2D eigenvalue weighted by Gasteiger charge is -2.16. The molecule has 0 atom stereocenters. The summed E-state index contributed by atoms with van der Waals surface area (Å²) < 4.78 is 3.19. The zero-order valence-electron chi connectivity index (χ0n) is 17.9. The quantitative estimate of drug-likeness (QED) is 0.529. The highest BCUT2D eigenvalue weighted by Gasteiger charge is 2.33. The molecule has 9 nitrogen and oxygen atoms in total. The van der Waals surface area contributed by atoms with Gasteiger partial charge in [-0.2, -0.15) is 10.1 Å². The second-order valence-electron chi connectivity index (χ2n) is 7.70. The van der Waals surface area contributed by atoms with Gasteiger partial charge in [-0.15, -0.1) is 5.10 Å². The molecule has 1 fully saturated rings. The number of fused-ring (bicyclic) bond motifs is 1. The molecule has 0 aliphatic heterocycles. The predicted molar refractivity (Wildman–Crippen MR) is 113 cm³/mol. The van der Waals surface area contributed by atoms with E-state index in [9.17, 15) is 9.59 Å². The van der Waals surface area contributed by atoms with Crippen LogP contribution in [0.5, 0.6) is 0 Å². The van der Waals surface area contributed by atoms with Gasteiger partial charge in [0.2, 0.25) is 5.95 Å². The first-order valence-electron chi connectivity index (χ1n) is 10.4. The van der Waals surface area contributed by atoms with Crippen molar-refractivity contribution in [3.63, 3.8) is 0 Å². The van der Waals surface area contributed by atoms with E-state index in [4.69, 9.17) is 0 Å². The standard InChI is InChI=1S/C21H27N7O2/c1-5-27(6-2)21-23-18-10-7-14(13-28(18)24-21)11-17(29)19-16(12-22-26(19)4)20(30)25(3)15-8-9-15/h7,10,12-13,15H,5-6,8-9,11H2,1-4H3. The number of hydrogen-bond donors (Lipinski definition) is 0. The zero-order valence-corrected chi connectivity index (χ0v) is 17.9. The fraction of sp³-hybridized carbons (Fsp3) is 0.476. The van der Waals surface area contributed by atoms with E-state index in [0.717, 1.165) is 37.1 Å². The smallest absolute Gasteiger partial charge is 0.257 e. The van der Waals surface area contributed by atoms with E-state index in [1.54, 1.807) is 23.5 Å². The molecule has 1 saturated carbocycles. The second-order valence-corrected chi connectivity index (χ2v) is 7.70. The van der Waals surface area contributed by atoms with Crippen molar-refractivity contribution in [2.45, 2.75) is 39.2 Å². The van der Waals surface area contributed by atoms with E-state index in [0.29, 0.717) is 17.2 Å². The monoisotopic (exact) mass is 409 g/mol. The van der Waals surface area contributed by atoms with Crippen LogP contribution in [0.3, 0.4) is 0 Å². The Morgan fingerprint density at radius 1 is 1.20 bits per heavy atom. The molecule has 0 saturated heterocycles. The van der Waals surface area contributed by atoms with Gasteiger partial charge in [-0.3, -0.25) is 14.3 Å². The van der Waals surface area contributed by atoms with Crippen molar-refractivity contribution < 1.29 is 9.59 Å². The van der Waals surface area contributed by atoms with Crippen molar-refractivity contribution >= 4 is 23.3 Å². The van der Waals surface area contributed by atoms with Crippen molar-refractivity contribution in [1.82, 2.24) is 29.3 Å². The molecule has 3 aromatic rings. The van der Waals surface area contributed by atoms with E-state index in [2.05, 4.69) is 33.9 Å². The number of aromatic nitrogens is 5. The maximum Gasteiger partial charge on any atom is 0.257 e. The van der Waals surface area contributed by atoms with Crippen LogP contribution in [0.15, 0.2) is 24.5 Å². The summed E-state index contributed by atoms with van der Waals surface area (Å²) in [5.74, 6) is 0.377. The summed E-state index contributed by atoms with van der Waals surface area (Å²) in [6.07, 6.45) is 5.49. The largest absolute Gasteiger partial charge is 0.340 e. The number of hydrogen-bond acceptors (Lipinski definition) is 6. The van der Waals surface area contributed by atoms with Crippen molar-refractivity contribution in [1.29, 1.82) is 0 Å². The van der Waals surface area contributed by atoms with Gasteiger partial charge in [0.25, 0.3) is 5.91 Å². The highest BCUT2D eigenvalue weighted by Crippen LogP contribution is 2.27. The molecule has 3 aromatic heterocycles. The zero-order chi connectivity index (χ0) is 21.4. The number of anilines is 1. The maximum atomic E-state index is 13.1. The Labute approximate surface area is 175 Å². The van der Waals surface area contributed by atoms with Crippen LogP contribution in [0.2, 0.25) is 0 Å². The number of ketones is 1. The number of amides is 1. The Kier molecular flexibility index (Phi) is 5.27. The van der Waals surface area contributed by atoms with Gasteiger partial charge >= 0.3 is 0 Å². The van der Waals surface area contributed by atoms with Gasteiger partial charge in [-0.05, 0) is 38.3 Å². The minimum atomic E-state index is -0.149. The number of carbonyl (C=O) groups is 2. The average Bonchev–Trinajstić information content (AvgIpc) is 3.39. The maximum absolute atomic E-state index is 13.1. The van der Waals surface area contributed by atoms with Crippen molar-refractivity contribution in [3.05, 3.63) is 41.3 Å². The first-order chi connectivity index (χ1) is 14.4. The van der Waals surface area contributed by atoms with Gasteiger partial charge in [-0.25, -0.2) is 4.52 Å². The first kappa shape index (κ1) is 20.1. The number of rotatable bonds is 8. The van der Waals surface area contributed by atoms with Crippen LogP contribution < -0.4 is 4.90 Å². The summed E-state index contributed by atoms with van der Waals surface area (Å²) >= 11 is 0. The molecule has 0 radical (unpaired) electrons. The van der Waals surface area contributed by atoms with Gasteiger partial charge in [0.1, 0.15) is 5.69 Å². The van der Waals surface area contributed by atoms with Gasteiger partial charge in [0.05, 0.1) is 11.8 Å². The molecule has 1 aliphatic carbocycles. The van der Waals surface area contributed by atoms with Crippen molar-refractivity contribution in [2.75, 3.05) is 25.0 Å². The number of carbonyl (C=O) groups excluding carboxylic acids is 2. The number of pyridine rings is 1. The molecular weight excluding hydrogens is 382 g/mol. The molecule has 30 heavy (non-hydrogen) atoms. The summed E-state index contributed by atoms with van der Waals surface area (Å²) in [5.41, 5.74) is 2.24. The Morgan fingerprint density at radius 3 is 2.60 bits per heavy atom. The van der Waals surface area contributed by atoms with Crippen LogP contribution >= 0.6 is 0 Å². The molecule has 1 amide bonds. The summed E-state index contributed by atoms with van der Waals surface area (Å²) in [6, 6.07) is 4.01. The van der Waals surface area contributed by atoms with Crippen LogP contribution in [0.4, 0.5) is 5.95 Å². The third-order valence-corrected chi connectivity index (χ3v) is 5.64. The third-order valence-electron chi connectivity index (χ3n) is 5.64. The van der Waals surface area contributed by atoms with Crippen LogP contribution in [-0.4, -0.2) is 67.1 Å². The minimum Gasteiger partial charge on any atom is -0.340 e. The molecule has 1 aliphatic rings. The summed E-state index contributed by atoms with van der Waals surface area (Å²) in [7, 11) is 3.48. The lowest BCUT2D eigenvalue weighted by atomic mass is 10.1. The summed E-state index contributed by atoms with van der Waals surface area (Å²) in [4.78, 5) is 34.2. The molecule has 0 spiro atoms. The number of aryl methyl sites for hydroxylation is 1. The van der Waals surface area contributed by atoms with Gasteiger partial charge in [0, 0.05) is 45.8 Å². The molecular formula is C21H27N7O2. The molecule has 0 bridgehead atoms. The molecule has 0 unspecified atom stereocenters. The molecule has 158 valence electrons. The first-order valence-corrected chi connectivity index (χ1v) is 10.4. The Morgan fingerprint density at radius 2 is 1.93 bits per heavy atom. The number of nitrogens with zero attached hydrogens (tertiary/aromatic N) is 7. The number of Topliss-reactive ketones (excluding diaryl/α,β-unsaturated/α-hetero) is 1. The van der Waals surface area contributed by atoms with Crippen LogP contribution in [-0.2, 0) is 13.5 Å². The normalized spacial score (nSPS) is 13.6. The van der Waals surface area contributed by atoms with Crippen molar-refractivity contribution in [3.8, 4) is 0 Å². The van der Waals surface area contributed by atoms with E-state index >= 15 is 0 Å². The summed E-state index contributed by atoms with van der Waals surface area (Å²) in [5, 5.41) is 8.71. The van der Waals surface area contributed by atoms with E-state index in [1.807, 2.05) is 18.3 Å². The van der Waals surface area contributed by atoms with E-state index < -0.39 is 0 Å². The Balaban J connectivity index is 1.57. The topological polar surface area (TPSA) is 88.6 Å². The lowest BCUT2D eigenvalue weighted by Crippen LogP contribution is -2.30. The van der Waals surface area contributed by atoms with E-state index in [1.165, 1.54) is 10.9 Å². The highest BCUT2D eigenvalue weighted by atomic mass is 16.2. The van der Waals surface area contributed by atoms with Crippen LogP contribution in [0.25, 0.3) is 5.65 Å².